The Labute approximate surface area is 146 Å². The first kappa shape index (κ1) is 17.0. The molecule has 0 spiro atoms. The average Bonchev–Trinajstić information content (AvgIpc) is 2.98. The van der Waals surface area contributed by atoms with Crippen LogP contribution in [0.5, 0.6) is 0 Å². The second kappa shape index (κ2) is 6.58. The maximum Gasteiger partial charge on any atom is 0.262 e. The predicted octanol–water partition coefficient (Wildman–Crippen LogP) is 3.87. The zero-order valence-electron chi connectivity index (χ0n) is 14.8. The molecule has 0 N–H and O–H groups in total. The van der Waals surface area contributed by atoms with Crippen LogP contribution in [0.25, 0.3) is 0 Å². The van der Waals surface area contributed by atoms with Crippen molar-refractivity contribution in [3.63, 3.8) is 0 Å². The predicted molar refractivity (Wildman–Crippen MR) is 102 cm³/mol. The van der Waals surface area contributed by atoms with Gasteiger partial charge in [-0.15, -0.1) is 0 Å². The number of ether oxygens (including phenoxy) is 1. The smallest absolute Gasteiger partial charge is 0.262 e. The second-order valence-corrected chi connectivity index (χ2v) is 11.6. The highest BCUT2D eigenvalue weighted by Gasteiger charge is 2.52. The molecule has 0 saturated carbocycles. The minimum atomic E-state index is -2.50. The van der Waals surface area contributed by atoms with Gasteiger partial charge in [0, 0.05) is 6.42 Å². The van der Waals surface area contributed by atoms with E-state index in [1.54, 1.807) is 0 Å². The molecule has 1 aliphatic rings. The number of hydrogen-bond donors (Lipinski definition) is 0. The fraction of sp³-hybridized carbons (Fsp3) is 0.333. The zero-order valence-corrected chi connectivity index (χ0v) is 15.8. The SMILES string of the molecule is C=C1OCCC1O[Si](c1ccccc1)(c1ccccc1)C(C)(C)C. The molecule has 2 nitrogen and oxygen atoms in total. The van der Waals surface area contributed by atoms with Gasteiger partial charge in [0.1, 0.15) is 11.9 Å². The van der Waals surface area contributed by atoms with E-state index in [0.29, 0.717) is 6.61 Å². The Morgan fingerprint density at radius 2 is 1.46 bits per heavy atom. The summed E-state index contributed by atoms with van der Waals surface area (Å²) in [6.07, 6.45) is 0.847. The zero-order chi connectivity index (χ0) is 17.2. The molecule has 0 aliphatic carbocycles. The van der Waals surface area contributed by atoms with Crippen LogP contribution in [-0.4, -0.2) is 21.0 Å². The maximum absolute atomic E-state index is 6.96. The van der Waals surface area contributed by atoms with Crippen molar-refractivity contribution in [1.82, 2.24) is 0 Å². The Hall–Kier alpha value is -1.84. The summed E-state index contributed by atoms with van der Waals surface area (Å²) in [7, 11) is -2.50. The lowest BCUT2D eigenvalue weighted by atomic mass is 10.2. The summed E-state index contributed by atoms with van der Waals surface area (Å²) in [6, 6.07) is 21.4. The quantitative estimate of drug-likeness (QED) is 0.788. The van der Waals surface area contributed by atoms with Gasteiger partial charge in [-0.25, -0.2) is 0 Å². The second-order valence-electron chi connectivity index (χ2n) is 7.37. The molecule has 3 rings (SSSR count). The molecule has 0 bridgehead atoms. The average molecular weight is 339 g/mol. The van der Waals surface area contributed by atoms with Crippen molar-refractivity contribution >= 4 is 18.7 Å². The van der Waals surface area contributed by atoms with Crippen molar-refractivity contribution in [2.45, 2.75) is 38.3 Å². The molecule has 1 atom stereocenters. The third-order valence-electron chi connectivity index (χ3n) is 4.76. The van der Waals surface area contributed by atoms with Crippen molar-refractivity contribution < 1.29 is 9.16 Å². The number of hydrogen-bond acceptors (Lipinski definition) is 2. The summed E-state index contributed by atoms with van der Waals surface area (Å²) in [6.45, 7) is 11.6. The van der Waals surface area contributed by atoms with Crippen LogP contribution in [0.1, 0.15) is 27.2 Å². The Bertz CT molecular complexity index is 649. The van der Waals surface area contributed by atoms with Gasteiger partial charge in [0.15, 0.2) is 0 Å². The summed E-state index contributed by atoms with van der Waals surface area (Å²) >= 11 is 0. The van der Waals surface area contributed by atoms with E-state index >= 15 is 0 Å². The molecule has 1 unspecified atom stereocenters. The van der Waals surface area contributed by atoms with E-state index in [0.717, 1.165) is 12.2 Å². The van der Waals surface area contributed by atoms with Gasteiger partial charge in [0.05, 0.1) is 6.61 Å². The highest BCUT2D eigenvalue weighted by Crippen LogP contribution is 2.39. The van der Waals surface area contributed by atoms with Gasteiger partial charge in [-0.2, -0.15) is 0 Å². The lowest BCUT2D eigenvalue weighted by Crippen LogP contribution is -2.67. The van der Waals surface area contributed by atoms with Crippen molar-refractivity contribution in [2.75, 3.05) is 6.61 Å². The van der Waals surface area contributed by atoms with Crippen LogP contribution in [0, 0.1) is 0 Å². The van der Waals surface area contributed by atoms with Gasteiger partial charge in [-0.1, -0.05) is 88.0 Å². The molecule has 1 heterocycles. The van der Waals surface area contributed by atoms with E-state index in [4.69, 9.17) is 9.16 Å². The van der Waals surface area contributed by atoms with Crippen LogP contribution in [0.3, 0.4) is 0 Å². The van der Waals surface area contributed by atoms with Gasteiger partial charge < -0.3 is 9.16 Å². The molecule has 1 saturated heterocycles. The molecule has 0 amide bonds. The van der Waals surface area contributed by atoms with Crippen molar-refractivity contribution in [3.8, 4) is 0 Å². The molecular formula is C21H26O2Si. The Morgan fingerprint density at radius 1 is 0.958 bits per heavy atom. The van der Waals surface area contributed by atoms with Crippen LogP contribution in [0.15, 0.2) is 73.0 Å². The Kier molecular flexibility index (Phi) is 4.66. The van der Waals surface area contributed by atoms with E-state index in [-0.39, 0.29) is 11.1 Å². The first-order chi connectivity index (χ1) is 11.4. The summed E-state index contributed by atoms with van der Waals surface area (Å²) < 4.78 is 12.6. The van der Waals surface area contributed by atoms with Gasteiger partial charge >= 0.3 is 0 Å². The van der Waals surface area contributed by atoms with E-state index in [1.807, 2.05) is 0 Å². The monoisotopic (exact) mass is 338 g/mol. The van der Waals surface area contributed by atoms with Crippen LogP contribution < -0.4 is 10.4 Å². The fourth-order valence-corrected chi connectivity index (χ4v) is 8.27. The largest absolute Gasteiger partial charge is 0.496 e. The lowest BCUT2D eigenvalue weighted by Gasteiger charge is -2.44. The maximum atomic E-state index is 6.96. The molecule has 24 heavy (non-hydrogen) atoms. The first-order valence-corrected chi connectivity index (χ1v) is 10.5. The van der Waals surface area contributed by atoms with E-state index in [9.17, 15) is 0 Å². The van der Waals surface area contributed by atoms with Crippen molar-refractivity contribution in [1.29, 1.82) is 0 Å². The van der Waals surface area contributed by atoms with Gasteiger partial charge in [0.2, 0.25) is 0 Å². The van der Waals surface area contributed by atoms with Gasteiger partial charge in [0.25, 0.3) is 8.32 Å². The molecule has 1 fully saturated rings. The molecular weight excluding hydrogens is 312 g/mol. The van der Waals surface area contributed by atoms with Crippen LogP contribution in [0.2, 0.25) is 5.04 Å². The summed E-state index contributed by atoms with van der Waals surface area (Å²) in [4.78, 5) is 0. The molecule has 126 valence electrons. The highest BCUT2D eigenvalue weighted by atomic mass is 28.4. The van der Waals surface area contributed by atoms with Crippen LogP contribution in [0.4, 0.5) is 0 Å². The summed E-state index contributed by atoms with van der Waals surface area (Å²) in [5.41, 5.74) is 0. The lowest BCUT2D eigenvalue weighted by molar-refractivity contribution is 0.202. The molecule has 2 aromatic carbocycles. The molecule has 0 aromatic heterocycles. The highest BCUT2D eigenvalue weighted by molar-refractivity contribution is 6.99. The molecule has 3 heteroatoms. The minimum absolute atomic E-state index is 0.0153. The molecule has 2 aromatic rings. The van der Waals surface area contributed by atoms with Gasteiger partial charge in [-0.3, -0.25) is 0 Å². The van der Waals surface area contributed by atoms with E-state index < -0.39 is 8.32 Å². The van der Waals surface area contributed by atoms with Crippen LogP contribution >= 0.6 is 0 Å². The van der Waals surface area contributed by atoms with E-state index in [2.05, 4.69) is 88.0 Å². The Morgan fingerprint density at radius 3 is 1.83 bits per heavy atom. The normalized spacial score (nSPS) is 18.5. The number of benzene rings is 2. The van der Waals surface area contributed by atoms with E-state index in [1.165, 1.54) is 10.4 Å². The summed E-state index contributed by atoms with van der Waals surface area (Å²) in [5, 5.41) is 2.57. The standard InChI is InChI=1S/C21H26O2Si/c1-17-20(15-16-22-17)23-24(21(2,3)4,18-11-7-5-8-12-18)19-13-9-6-10-14-19/h5-14,20H,1,15-16H2,2-4H3. The summed E-state index contributed by atoms with van der Waals surface area (Å²) in [5.74, 6) is 0.767. The third kappa shape index (κ3) is 2.94. The van der Waals surface area contributed by atoms with Crippen LogP contribution in [-0.2, 0) is 9.16 Å². The van der Waals surface area contributed by atoms with Crippen molar-refractivity contribution in [3.05, 3.63) is 73.0 Å². The molecule has 0 radical (unpaired) electrons. The third-order valence-corrected chi connectivity index (χ3v) is 9.81. The number of rotatable bonds is 4. The van der Waals surface area contributed by atoms with Crippen molar-refractivity contribution in [2.24, 2.45) is 0 Å². The molecule has 1 aliphatic heterocycles. The Balaban J connectivity index is 2.19. The fourth-order valence-electron chi connectivity index (χ4n) is 3.58. The van der Waals surface area contributed by atoms with Gasteiger partial charge in [-0.05, 0) is 15.4 Å². The minimum Gasteiger partial charge on any atom is -0.496 e. The topological polar surface area (TPSA) is 18.5 Å². The first-order valence-electron chi connectivity index (χ1n) is 8.55.